The van der Waals surface area contributed by atoms with Crippen LogP contribution < -0.4 is 15.5 Å². The molecule has 1 amide bonds. The Kier molecular flexibility index (Phi) is 7.51. The highest BCUT2D eigenvalue weighted by Crippen LogP contribution is 2.32. The zero-order chi connectivity index (χ0) is 21.6. The number of rotatable bonds is 10. The molecule has 11 heteroatoms. The van der Waals surface area contributed by atoms with Crippen LogP contribution in [0, 0.1) is 0 Å². The molecule has 162 valence electrons. The van der Waals surface area contributed by atoms with E-state index in [1.54, 1.807) is 14.2 Å². The van der Waals surface area contributed by atoms with E-state index >= 15 is 0 Å². The highest BCUT2D eigenvalue weighted by molar-refractivity contribution is 8.01. The molecule has 9 nitrogen and oxygen atoms in total. The van der Waals surface area contributed by atoms with Crippen LogP contribution in [0.4, 0.5) is 5.13 Å². The molecule has 1 atom stereocenters. The molecule has 1 aromatic heterocycles. The van der Waals surface area contributed by atoms with Crippen LogP contribution in [0.1, 0.15) is 20.3 Å². The van der Waals surface area contributed by atoms with Gasteiger partial charge in [0.05, 0.1) is 19.5 Å². The lowest BCUT2D eigenvalue weighted by molar-refractivity contribution is -0.113. The largest absolute Gasteiger partial charge is 0.497 e. The summed E-state index contributed by atoms with van der Waals surface area (Å²) in [5.74, 6) is 1.83. The van der Waals surface area contributed by atoms with Gasteiger partial charge in [0.15, 0.2) is 4.99 Å². The fourth-order valence-electron chi connectivity index (χ4n) is 3.00. The Morgan fingerprint density at radius 2 is 2.07 bits per heavy atom. The number of methoxy groups -OCH3 is 2. The fraction of sp³-hybridized carbons (Fsp3) is 0.474. The molecule has 0 bridgehead atoms. The third kappa shape index (κ3) is 5.21. The summed E-state index contributed by atoms with van der Waals surface area (Å²) in [7, 11) is 3.30. The van der Waals surface area contributed by atoms with E-state index in [0.29, 0.717) is 11.7 Å². The molecule has 1 unspecified atom stereocenters. The van der Waals surface area contributed by atoms with Crippen molar-refractivity contribution < 1.29 is 14.3 Å². The molecular weight excluding hydrogens is 424 g/mol. The third-order valence-corrected chi connectivity index (χ3v) is 6.73. The molecule has 0 radical (unpaired) electrons. The first-order valence-electron chi connectivity index (χ1n) is 9.51. The van der Waals surface area contributed by atoms with E-state index < -0.39 is 4.99 Å². The third-order valence-electron chi connectivity index (χ3n) is 4.56. The summed E-state index contributed by atoms with van der Waals surface area (Å²) in [6.45, 7) is 5.47. The number of carbonyl (C=O) groups is 1. The Hall–Kier alpha value is -2.37. The zero-order valence-electron chi connectivity index (χ0n) is 17.5. The number of carbonyl (C=O) groups excluding carboxylic acids is 1. The van der Waals surface area contributed by atoms with Gasteiger partial charge in [0.2, 0.25) is 11.0 Å². The predicted octanol–water partition coefficient (Wildman–Crippen LogP) is 2.83. The summed E-state index contributed by atoms with van der Waals surface area (Å²) < 4.78 is 10.3. The number of nitrogens with one attached hydrogen (secondary N) is 2. The van der Waals surface area contributed by atoms with Gasteiger partial charge in [-0.1, -0.05) is 11.3 Å². The molecule has 0 aliphatic carbocycles. The van der Waals surface area contributed by atoms with Crippen molar-refractivity contribution in [3.05, 3.63) is 24.3 Å². The number of amidine groups is 1. The Morgan fingerprint density at radius 1 is 1.30 bits per heavy atom. The van der Waals surface area contributed by atoms with Crippen molar-refractivity contribution in [1.29, 1.82) is 0 Å². The van der Waals surface area contributed by atoms with Gasteiger partial charge in [-0.25, -0.2) is 0 Å². The van der Waals surface area contributed by atoms with Gasteiger partial charge in [0.25, 0.3) is 0 Å². The molecule has 1 aromatic carbocycles. The van der Waals surface area contributed by atoms with Gasteiger partial charge in [-0.15, -0.1) is 22.0 Å². The first-order chi connectivity index (χ1) is 14.5. The number of nitrogens with zero attached hydrogens (tertiary/aromatic N) is 4. The van der Waals surface area contributed by atoms with Crippen LogP contribution >= 0.6 is 23.1 Å². The van der Waals surface area contributed by atoms with Gasteiger partial charge in [-0.05, 0) is 38.1 Å². The Labute approximate surface area is 184 Å². The minimum atomic E-state index is -0.482. The Balaban J connectivity index is 1.54. The normalized spacial score (nSPS) is 18.1. The van der Waals surface area contributed by atoms with Gasteiger partial charge in [-0.3, -0.25) is 15.5 Å². The molecule has 2 heterocycles. The summed E-state index contributed by atoms with van der Waals surface area (Å²) >= 11 is 2.81. The van der Waals surface area contributed by atoms with Crippen molar-refractivity contribution >= 4 is 40.0 Å². The average molecular weight is 451 g/mol. The van der Waals surface area contributed by atoms with Gasteiger partial charge >= 0.3 is 0 Å². The second-order valence-electron chi connectivity index (χ2n) is 6.59. The maximum Gasteiger partial charge on any atom is 0.236 e. The maximum absolute atomic E-state index is 12.5. The van der Waals surface area contributed by atoms with E-state index in [1.165, 1.54) is 23.1 Å². The van der Waals surface area contributed by atoms with E-state index in [2.05, 4.69) is 37.9 Å². The highest BCUT2D eigenvalue weighted by atomic mass is 32.2. The molecule has 30 heavy (non-hydrogen) atoms. The standard InChI is InChI=1S/C19H26N6O3S2/c1-5-25-15(10-11-27-3)21-24-19(25,2)29-12-16(26)20-18-23-22-17(30-18)13-6-8-14(28-4)9-7-13/h6-9,24H,5,10-12H2,1-4H3,(H,20,23,26). The maximum atomic E-state index is 12.5. The number of benzene rings is 1. The molecular formula is C19H26N6O3S2. The number of amides is 1. The number of thioether (sulfide) groups is 1. The van der Waals surface area contributed by atoms with Gasteiger partial charge in [0.1, 0.15) is 16.6 Å². The lowest BCUT2D eigenvalue weighted by Crippen LogP contribution is -2.49. The number of hydrogen-bond donors (Lipinski definition) is 2. The van der Waals surface area contributed by atoms with E-state index in [4.69, 9.17) is 9.47 Å². The topological polar surface area (TPSA) is 101 Å². The van der Waals surface area contributed by atoms with Crippen LogP contribution in [0.2, 0.25) is 0 Å². The summed E-state index contributed by atoms with van der Waals surface area (Å²) in [5.41, 5.74) is 4.07. The molecule has 0 saturated heterocycles. The molecule has 1 aliphatic rings. The monoisotopic (exact) mass is 450 g/mol. The number of aromatic nitrogens is 2. The van der Waals surface area contributed by atoms with Crippen LogP contribution in [0.25, 0.3) is 10.6 Å². The number of anilines is 1. The number of hydrogen-bond acceptors (Lipinski definition) is 10. The van der Waals surface area contributed by atoms with Crippen molar-refractivity contribution in [3.63, 3.8) is 0 Å². The second-order valence-corrected chi connectivity index (χ2v) is 8.94. The van der Waals surface area contributed by atoms with Crippen LogP contribution in [-0.4, -0.2) is 65.0 Å². The quantitative estimate of drug-likeness (QED) is 0.570. The van der Waals surface area contributed by atoms with Crippen LogP contribution in [-0.2, 0) is 9.53 Å². The number of hydrazone groups is 1. The minimum Gasteiger partial charge on any atom is -0.497 e. The molecule has 0 spiro atoms. The van der Waals surface area contributed by atoms with E-state index in [9.17, 15) is 4.79 Å². The SMILES string of the molecule is CCN1C(CCOC)=NNC1(C)SCC(=O)Nc1nnc(-c2ccc(OC)cc2)s1. The summed E-state index contributed by atoms with van der Waals surface area (Å²) in [5, 5.41) is 16.7. The first kappa shape index (κ1) is 22.3. The minimum absolute atomic E-state index is 0.137. The Bertz CT molecular complexity index is 889. The van der Waals surface area contributed by atoms with Crippen molar-refractivity contribution in [1.82, 2.24) is 20.5 Å². The molecule has 0 saturated carbocycles. The van der Waals surface area contributed by atoms with Crippen molar-refractivity contribution in [2.45, 2.75) is 25.3 Å². The van der Waals surface area contributed by atoms with Gasteiger partial charge < -0.3 is 14.4 Å². The highest BCUT2D eigenvalue weighted by Gasteiger charge is 2.38. The smallest absolute Gasteiger partial charge is 0.236 e. The van der Waals surface area contributed by atoms with E-state index in [-0.39, 0.29) is 11.7 Å². The summed E-state index contributed by atoms with van der Waals surface area (Å²) in [6.07, 6.45) is 0.721. The predicted molar refractivity (Wildman–Crippen MR) is 121 cm³/mol. The first-order valence-corrected chi connectivity index (χ1v) is 11.3. The summed E-state index contributed by atoms with van der Waals surface area (Å²) in [6, 6.07) is 7.55. The van der Waals surface area contributed by atoms with E-state index in [1.807, 2.05) is 31.2 Å². The van der Waals surface area contributed by atoms with Crippen LogP contribution in [0.3, 0.4) is 0 Å². The van der Waals surface area contributed by atoms with Crippen LogP contribution in [0.5, 0.6) is 5.75 Å². The molecule has 0 fully saturated rings. The van der Waals surface area contributed by atoms with Crippen LogP contribution in [0.15, 0.2) is 29.4 Å². The van der Waals surface area contributed by atoms with Crippen molar-refractivity contribution in [2.75, 3.05) is 38.4 Å². The molecule has 1 aliphatic heterocycles. The number of ether oxygens (including phenoxy) is 2. The Morgan fingerprint density at radius 3 is 2.73 bits per heavy atom. The lowest BCUT2D eigenvalue weighted by atomic mass is 10.2. The van der Waals surface area contributed by atoms with E-state index in [0.717, 1.165) is 35.1 Å². The fourth-order valence-corrected chi connectivity index (χ4v) is 4.75. The van der Waals surface area contributed by atoms with Gasteiger partial charge in [-0.2, -0.15) is 5.10 Å². The molecule has 2 N–H and O–H groups in total. The molecule has 3 rings (SSSR count). The lowest BCUT2D eigenvalue weighted by Gasteiger charge is -2.35. The average Bonchev–Trinajstić information content (AvgIpc) is 3.35. The van der Waals surface area contributed by atoms with Gasteiger partial charge in [0, 0.05) is 25.6 Å². The van der Waals surface area contributed by atoms with Crippen molar-refractivity contribution in [3.8, 4) is 16.3 Å². The summed E-state index contributed by atoms with van der Waals surface area (Å²) in [4.78, 5) is 14.1. The zero-order valence-corrected chi connectivity index (χ0v) is 19.1. The van der Waals surface area contributed by atoms with Crippen molar-refractivity contribution in [2.24, 2.45) is 5.10 Å². The molecule has 2 aromatic rings. The second kappa shape index (κ2) is 10.1.